The molecule has 0 heteroatoms. The third-order valence-corrected chi connectivity index (χ3v) is 3.43. The Bertz CT molecular complexity index is 178. The van der Waals surface area contributed by atoms with Crippen molar-refractivity contribution >= 4 is 0 Å². The fourth-order valence-electron chi connectivity index (χ4n) is 2.02. The van der Waals surface area contributed by atoms with Crippen molar-refractivity contribution < 1.29 is 0 Å². The first-order chi connectivity index (χ1) is 8.81. The number of hydrogen-bond acceptors (Lipinski definition) is 0. The normalized spacial score (nSPS) is 12.2. The lowest BCUT2D eigenvalue weighted by Crippen LogP contribution is -1.92. The lowest BCUT2D eigenvalue weighted by Gasteiger charge is -2.07. The van der Waals surface area contributed by atoms with Gasteiger partial charge in [0.15, 0.2) is 0 Å². The Labute approximate surface area is 116 Å². The van der Waals surface area contributed by atoms with Crippen LogP contribution in [-0.4, -0.2) is 0 Å². The van der Waals surface area contributed by atoms with Gasteiger partial charge in [-0.15, -0.1) is 0 Å². The molecule has 0 radical (unpaired) electrons. The maximum atomic E-state index is 2.39. The van der Waals surface area contributed by atoms with Gasteiger partial charge in [0, 0.05) is 0 Å². The van der Waals surface area contributed by atoms with Gasteiger partial charge in [0.25, 0.3) is 0 Å². The maximum Gasteiger partial charge on any atom is -0.0348 e. The minimum atomic E-state index is 0.872. The molecule has 106 valence electrons. The maximum absolute atomic E-state index is 2.39. The Hall–Kier alpha value is -0.520. The molecule has 0 fully saturated rings. The molecule has 0 spiro atoms. The Morgan fingerprint density at radius 3 is 1.44 bits per heavy atom. The van der Waals surface area contributed by atoms with Crippen LogP contribution in [0.15, 0.2) is 24.3 Å². The van der Waals surface area contributed by atoms with Crippen molar-refractivity contribution in [2.75, 3.05) is 0 Å². The molecule has 0 N–H and O–H groups in total. The predicted octanol–water partition coefficient (Wildman–Crippen LogP) is 6.68. The summed E-state index contributed by atoms with van der Waals surface area (Å²) in [5.41, 5.74) is 0. The zero-order valence-electron chi connectivity index (χ0n) is 13.0. The zero-order valence-corrected chi connectivity index (χ0v) is 13.0. The molecule has 0 aromatic rings. The van der Waals surface area contributed by atoms with Crippen LogP contribution in [0.1, 0.15) is 85.0 Å². The summed E-state index contributed by atoms with van der Waals surface area (Å²) in [6.45, 7) is 6.90. The van der Waals surface area contributed by atoms with E-state index < -0.39 is 0 Å². The minimum Gasteiger partial charge on any atom is -0.0885 e. The van der Waals surface area contributed by atoms with Gasteiger partial charge in [-0.25, -0.2) is 0 Å². The quantitative estimate of drug-likeness (QED) is 0.268. The van der Waals surface area contributed by atoms with Gasteiger partial charge in [0.1, 0.15) is 0 Å². The smallest absolute Gasteiger partial charge is 0.0348 e. The van der Waals surface area contributed by atoms with Crippen molar-refractivity contribution in [1.29, 1.82) is 0 Å². The van der Waals surface area contributed by atoms with Gasteiger partial charge in [-0.1, -0.05) is 70.8 Å². The van der Waals surface area contributed by atoms with Crippen LogP contribution in [-0.2, 0) is 0 Å². The molecule has 0 atom stereocenters. The average Bonchev–Trinajstić information content (AvgIpc) is 2.38. The zero-order chi connectivity index (χ0) is 13.5. The Morgan fingerprint density at radius 2 is 1.06 bits per heavy atom. The van der Waals surface area contributed by atoms with Gasteiger partial charge < -0.3 is 0 Å². The molecule has 0 aliphatic carbocycles. The van der Waals surface area contributed by atoms with Gasteiger partial charge in [-0.3, -0.25) is 0 Å². The SMILES string of the molecule is CCCC/C=C\CCC(C)CC/C=C\CCCC. The topological polar surface area (TPSA) is 0 Å². The summed E-state index contributed by atoms with van der Waals surface area (Å²) in [5, 5.41) is 0. The molecule has 0 unspecified atom stereocenters. The van der Waals surface area contributed by atoms with Crippen LogP contribution in [0.3, 0.4) is 0 Å². The van der Waals surface area contributed by atoms with E-state index in [0.717, 1.165) is 5.92 Å². The van der Waals surface area contributed by atoms with Crippen molar-refractivity contribution in [1.82, 2.24) is 0 Å². The molecular weight excluding hydrogens is 216 g/mol. The van der Waals surface area contributed by atoms with E-state index in [1.807, 2.05) is 0 Å². The second-order valence-corrected chi connectivity index (χ2v) is 5.49. The van der Waals surface area contributed by atoms with E-state index in [9.17, 15) is 0 Å². The molecule has 0 aliphatic heterocycles. The standard InChI is InChI=1S/C18H34/c1-4-6-8-10-12-14-16-18(3)17-15-13-11-9-7-5-2/h10-13,18H,4-9,14-17H2,1-3H3/b12-10-,13-11-. The number of rotatable bonds is 12. The number of hydrogen-bond donors (Lipinski definition) is 0. The van der Waals surface area contributed by atoms with Crippen LogP contribution < -0.4 is 0 Å². The second kappa shape index (κ2) is 14.5. The van der Waals surface area contributed by atoms with Gasteiger partial charge >= 0.3 is 0 Å². The molecular formula is C18H34. The van der Waals surface area contributed by atoms with E-state index in [-0.39, 0.29) is 0 Å². The van der Waals surface area contributed by atoms with Crippen LogP contribution in [0, 0.1) is 5.92 Å². The van der Waals surface area contributed by atoms with Crippen LogP contribution in [0.25, 0.3) is 0 Å². The van der Waals surface area contributed by atoms with Gasteiger partial charge in [-0.05, 0) is 44.4 Å². The van der Waals surface area contributed by atoms with Gasteiger partial charge in [-0.2, -0.15) is 0 Å². The Balaban J connectivity index is 3.34. The molecule has 18 heavy (non-hydrogen) atoms. The highest BCUT2D eigenvalue weighted by atomic mass is 14.0. The molecule has 0 bridgehead atoms. The van der Waals surface area contributed by atoms with Crippen LogP contribution in [0.4, 0.5) is 0 Å². The first-order valence-electron chi connectivity index (χ1n) is 8.11. The summed E-state index contributed by atoms with van der Waals surface area (Å²) in [4.78, 5) is 0. The highest BCUT2D eigenvalue weighted by Gasteiger charge is 1.98. The fraction of sp³-hybridized carbons (Fsp3) is 0.778. The fourth-order valence-corrected chi connectivity index (χ4v) is 2.02. The van der Waals surface area contributed by atoms with Crippen LogP contribution in [0.2, 0.25) is 0 Å². The molecule has 0 saturated carbocycles. The van der Waals surface area contributed by atoms with Crippen LogP contribution in [0.5, 0.6) is 0 Å². The molecule has 0 nitrogen and oxygen atoms in total. The third kappa shape index (κ3) is 13.5. The Kier molecular flexibility index (Phi) is 14.1. The van der Waals surface area contributed by atoms with Gasteiger partial charge in [0.2, 0.25) is 0 Å². The summed E-state index contributed by atoms with van der Waals surface area (Å²) in [6, 6.07) is 0. The molecule has 0 aliphatic rings. The molecule has 0 saturated heterocycles. The summed E-state index contributed by atoms with van der Waals surface area (Å²) in [6.07, 6.45) is 22.6. The van der Waals surface area contributed by atoms with Crippen molar-refractivity contribution in [3.63, 3.8) is 0 Å². The lowest BCUT2D eigenvalue weighted by atomic mass is 9.99. The molecule has 0 rings (SSSR count). The van der Waals surface area contributed by atoms with E-state index in [0.29, 0.717) is 0 Å². The summed E-state index contributed by atoms with van der Waals surface area (Å²) < 4.78 is 0. The van der Waals surface area contributed by atoms with E-state index in [2.05, 4.69) is 45.1 Å². The highest BCUT2D eigenvalue weighted by molar-refractivity contribution is 4.84. The Morgan fingerprint density at radius 1 is 0.667 bits per heavy atom. The average molecular weight is 250 g/mol. The van der Waals surface area contributed by atoms with Gasteiger partial charge in [0.05, 0.1) is 0 Å². The van der Waals surface area contributed by atoms with E-state index in [4.69, 9.17) is 0 Å². The summed E-state index contributed by atoms with van der Waals surface area (Å²) >= 11 is 0. The summed E-state index contributed by atoms with van der Waals surface area (Å²) in [5.74, 6) is 0.872. The predicted molar refractivity (Wildman–Crippen MR) is 85.0 cm³/mol. The summed E-state index contributed by atoms with van der Waals surface area (Å²) in [7, 11) is 0. The van der Waals surface area contributed by atoms with E-state index in [1.54, 1.807) is 0 Å². The lowest BCUT2D eigenvalue weighted by molar-refractivity contribution is 0.501. The second-order valence-electron chi connectivity index (χ2n) is 5.49. The van der Waals surface area contributed by atoms with Crippen molar-refractivity contribution in [2.45, 2.75) is 85.0 Å². The highest BCUT2D eigenvalue weighted by Crippen LogP contribution is 2.14. The number of unbranched alkanes of at least 4 members (excludes halogenated alkanes) is 4. The van der Waals surface area contributed by atoms with E-state index >= 15 is 0 Å². The first kappa shape index (κ1) is 17.5. The van der Waals surface area contributed by atoms with Crippen molar-refractivity contribution in [3.8, 4) is 0 Å². The molecule has 0 aromatic carbocycles. The largest absolute Gasteiger partial charge is 0.0885 e. The van der Waals surface area contributed by atoms with Crippen LogP contribution >= 0.6 is 0 Å². The molecule has 0 amide bonds. The van der Waals surface area contributed by atoms with E-state index in [1.165, 1.54) is 64.2 Å². The van der Waals surface area contributed by atoms with Crippen molar-refractivity contribution in [2.24, 2.45) is 5.92 Å². The molecule has 0 heterocycles. The monoisotopic (exact) mass is 250 g/mol. The minimum absolute atomic E-state index is 0.872. The third-order valence-electron chi connectivity index (χ3n) is 3.43. The number of allylic oxidation sites excluding steroid dienone is 4. The first-order valence-corrected chi connectivity index (χ1v) is 8.11. The molecule has 0 aromatic heterocycles. The van der Waals surface area contributed by atoms with Crippen molar-refractivity contribution in [3.05, 3.63) is 24.3 Å².